The van der Waals surface area contributed by atoms with Crippen molar-refractivity contribution in [1.29, 1.82) is 0 Å². The lowest BCUT2D eigenvalue weighted by Crippen LogP contribution is -2.40. The van der Waals surface area contributed by atoms with E-state index < -0.39 is 0 Å². The van der Waals surface area contributed by atoms with Gasteiger partial charge in [-0.3, -0.25) is 9.59 Å². The van der Waals surface area contributed by atoms with Crippen LogP contribution in [-0.2, 0) is 4.79 Å². The summed E-state index contributed by atoms with van der Waals surface area (Å²) in [7, 11) is 0. The first-order chi connectivity index (χ1) is 14.0. The third kappa shape index (κ3) is 3.99. The predicted octanol–water partition coefficient (Wildman–Crippen LogP) is 3.24. The number of hydrogen-bond acceptors (Lipinski definition) is 5. The van der Waals surface area contributed by atoms with E-state index in [2.05, 4.69) is 15.4 Å². The van der Waals surface area contributed by atoms with E-state index >= 15 is 0 Å². The van der Waals surface area contributed by atoms with Crippen LogP contribution in [0, 0.1) is 6.92 Å². The quantitative estimate of drug-likeness (QED) is 0.736. The van der Waals surface area contributed by atoms with Crippen LogP contribution in [0.25, 0.3) is 11.3 Å². The first kappa shape index (κ1) is 19.1. The number of carbonyl (C=O) groups is 1. The van der Waals surface area contributed by atoms with Gasteiger partial charge in [0.05, 0.1) is 17.3 Å². The normalized spacial score (nSPS) is 16.0. The lowest BCUT2D eigenvalue weighted by atomic mass is 9.89. The van der Waals surface area contributed by atoms with Crippen molar-refractivity contribution in [3.05, 3.63) is 69.8 Å². The molecule has 7 nitrogen and oxygen atoms in total. The molecule has 7 heteroatoms. The van der Waals surface area contributed by atoms with Gasteiger partial charge in [0.25, 0.3) is 5.56 Å². The molecule has 1 amide bonds. The molecular weight excluding hydrogens is 368 g/mol. The molecule has 29 heavy (non-hydrogen) atoms. The molecule has 3 aromatic rings. The standard InChI is InChI=1S/C22H24N4O3/c1-14-12-19(29-25-14)18-13-20(27)23-24-21(18)17-8-10-26(11-9-17)22(28)15(2)16-6-4-3-5-7-16/h3-7,12-13,15,17H,8-11H2,1-2H3,(H,23,27). The van der Waals surface area contributed by atoms with E-state index in [4.69, 9.17) is 4.52 Å². The van der Waals surface area contributed by atoms with Crippen LogP contribution in [0.15, 0.2) is 51.8 Å². The summed E-state index contributed by atoms with van der Waals surface area (Å²) in [6.45, 7) is 5.12. The van der Waals surface area contributed by atoms with Crippen LogP contribution < -0.4 is 5.56 Å². The molecule has 0 bridgehead atoms. The summed E-state index contributed by atoms with van der Waals surface area (Å²) >= 11 is 0. The van der Waals surface area contributed by atoms with Gasteiger partial charge in [0.15, 0.2) is 5.76 Å². The van der Waals surface area contributed by atoms with Crippen molar-refractivity contribution in [2.24, 2.45) is 0 Å². The number of nitrogens with one attached hydrogen (secondary N) is 1. The summed E-state index contributed by atoms with van der Waals surface area (Å²) < 4.78 is 5.37. The molecule has 0 aliphatic carbocycles. The number of amides is 1. The zero-order chi connectivity index (χ0) is 20.4. The Kier molecular flexibility index (Phi) is 5.29. The molecule has 1 unspecified atom stereocenters. The van der Waals surface area contributed by atoms with E-state index in [1.165, 1.54) is 6.07 Å². The molecule has 2 aromatic heterocycles. The first-order valence-electron chi connectivity index (χ1n) is 9.90. The fraction of sp³-hybridized carbons (Fsp3) is 0.364. The Labute approximate surface area is 168 Å². The molecule has 1 aromatic carbocycles. The molecule has 1 saturated heterocycles. The second-order valence-corrected chi connectivity index (χ2v) is 7.60. The average molecular weight is 392 g/mol. The van der Waals surface area contributed by atoms with Gasteiger partial charge in [-0.2, -0.15) is 5.10 Å². The fourth-order valence-corrected chi connectivity index (χ4v) is 3.94. The van der Waals surface area contributed by atoms with Crippen LogP contribution in [0.1, 0.15) is 48.6 Å². The van der Waals surface area contributed by atoms with Gasteiger partial charge >= 0.3 is 0 Å². The van der Waals surface area contributed by atoms with Gasteiger partial charge in [0, 0.05) is 36.7 Å². The van der Waals surface area contributed by atoms with E-state index in [9.17, 15) is 9.59 Å². The molecule has 1 N–H and O–H groups in total. The van der Waals surface area contributed by atoms with Gasteiger partial charge in [0.1, 0.15) is 0 Å². The second kappa shape index (κ2) is 8.03. The van der Waals surface area contributed by atoms with Gasteiger partial charge in [-0.05, 0) is 32.3 Å². The summed E-state index contributed by atoms with van der Waals surface area (Å²) in [4.78, 5) is 26.7. The highest BCUT2D eigenvalue weighted by Gasteiger charge is 2.30. The number of H-pyrrole nitrogens is 1. The summed E-state index contributed by atoms with van der Waals surface area (Å²) in [5.74, 6) is 0.678. The van der Waals surface area contributed by atoms with Crippen LogP contribution >= 0.6 is 0 Å². The minimum Gasteiger partial charge on any atom is -0.356 e. The zero-order valence-electron chi connectivity index (χ0n) is 16.6. The summed E-state index contributed by atoms with van der Waals surface area (Å²) in [5, 5.41) is 10.8. The molecule has 150 valence electrons. The number of aromatic nitrogens is 3. The number of aryl methyl sites for hydroxylation is 1. The van der Waals surface area contributed by atoms with Crippen molar-refractivity contribution < 1.29 is 9.32 Å². The van der Waals surface area contributed by atoms with Crippen molar-refractivity contribution in [1.82, 2.24) is 20.3 Å². The number of carbonyl (C=O) groups excluding carboxylic acids is 1. The van der Waals surface area contributed by atoms with Crippen LogP contribution in [0.4, 0.5) is 0 Å². The molecule has 0 saturated carbocycles. The molecule has 1 atom stereocenters. The van der Waals surface area contributed by atoms with Crippen molar-refractivity contribution >= 4 is 5.91 Å². The van der Waals surface area contributed by atoms with Crippen LogP contribution in [-0.4, -0.2) is 39.3 Å². The Morgan fingerprint density at radius 2 is 1.93 bits per heavy atom. The Morgan fingerprint density at radius 1 is 1.21 bits per heavy atom. The molecule has 3 heterocycles. The molecule has 0 spiro atoms. The highest BCUT2D eigenvalue weighted by molar-refractivity contribution is 5.83. The highest BCUT2D eigenvalue weighted by atomic mass is 16.5. The number of nitrogens with zero attached hydrogens (tertiary/aromatic N) is 3. The van der Waals surface area contributed by atoms with Gasteiger partial charge in [-0.25, -0.2) is 5.10 Å². The summed E-state index contributed by atoms with van der Waals surface area (Å²) in [5.41, 5.74) is 2.98. The maximum Gasteiger partial charge on any atom is 0.264 e. The predicted molar refractivity (Wildman–Crippen MR) is 109 cm³/mol. The lowest BCUT2D eigenvalue weighted by Gasteiger charge is -2.33. The number of likely N-dealkylation sites (tertiary alicyclic amines) is 1. The average Bonchev–Trinajstić information content (AvgIpc) is 3.19. The van der Waals surface area contributed by atoms with E-state index in [1.54, 1.807) is 6.07 Å². The maximum atomic E-state index is 12.9. The van der Waals surface area contributed by atoms with Crippen LogP contribution in [0.5, 0.6) is 0 Å². The third-order valence-corrected chi connectivity index (χ3v) is 5.59. The van der Waals surface area contributed by atoms with E-state index in [1.807, 2.05) is 49.1 Å². The summed E-state index contributed by atoms with van der Waals surface area (Å²) in [6, 6.07) is 13.2. The molecular formula is C22H24N4O3. The Morgan fingerprint density at radius 3 is 2.59 bits per heavy atom. The minimum atomic E-state index is -0.276. The van der Waals surface area contributed by atoms with Crippen LogP contribution in [0.3, 0.4) is 0 Å². The number of aromatic amines is 1. The molecule has 0 radical (unpaired) electrons. The molecule has 1 fully saturated rings. The van der Waals surface area contributed by atoms with E-state index in [-0.39, 0.29) is 23.3 Å². The van der Waals surface area contributed by atoms with Crippen LogP contribution in [0.2, 0.25) is 0 Å². The van der Waals surface area contributed by atoms with Crippen molar-refractivity contribution in [2.75, 3.05) is 13.1 Å². The molecule has 1 aliphatic heterocycles. The van der Waals surface area contributed by atoms with E-state index in [0.29, 0.717) is 24.4 Å². The van der Waals surface area contributed by atoms with Crippen molar-refractivity contribution in [2.45, 2.75) is 38.5 Å². The van der Waals surface area contributed by atoms with Gasteiger partial charge < -0.3 is 9.42 Å². The molecule has 4 rings (SSSR count). The largest absolute Gasteiger partial charge is 0.356 e. The smallest absolute Gasteiger partial charge is 0.264 e. The highest BCUT2D eigenvalue weighted by Crippen LogP contribution is 2.34. The zero-order valence-corrected chi connectivity index (χ0v) is 16.6. The maximum absolute atomic E-state index is 12.9. The van der Waals surface area contributed by atoms with Crippen molar-refractivity contribution in [3.63, 3.8) is 0 Å². The monoisotopic (exact) mass is 392 g/mol. The third-order valence-electron chi connectivity index (χ3n) is 5.59. The number of hydrogen-bond donors (Lipinski definition) is 1. The SMILES string of the molecule is Cc1cc(-c2cc(=O)[nH]nc2C2CCN(C(=O)C(C)c3ccccc3)CC2)on1. The Bertz CT molecular complexity index is 1050. The number of piperidine rings is 1. The fourth-order valence-electron chi connectivity index (χ4n) is 3.94. The van der Waals surface area contributed by atoms with E-state index in [0.717, 1.165) is 29.8 Å². The van der Waals surface area contributed by atoms with Gasteiger partial charge in [-0.1, -0.05) is 35.5 Å². The Hall–Kier alpha value is -3.22. The lowest BCUT2D eigenvalue weighted by molar-refractivity contribution is -0.133. The number of benzene rings is 1. The van der Waals surface area contributed by atoms with Gasteiger partial charge in [0.2, 0.25) is 5.91 Å². The molecule has 1 aliphatic rings. The summed E-state index contributed by atoms with van der Waals surface area (Å²) in [6.07, 6.45) is 1.57. The first-order valence-corrected chi connectivity index (χ1v) is 9.90. The Balaban J connectivity index is 1.49. The van der Waals surface area contributed by atoms with Gasteiger partial charge in [-0.15, -0.1) is 0 Å². The van der Waals surface area contributed by atoms with Crippen molar-refractivity contribution in [3.8, 4) is 11.3 Å². The topological polar surface area (TPSA) is 92.1 Å². The minimum absolute atomic E-state index is 0.142. The second-order valence-electron chi connectivity index (χ2n) is 7.60. The number of rotatable bonds is 4.